The normalized spacial score (nSPS) is 15.3. The molecule has 12 nitrogen and oxygen atoms in total. The van der Waals surface area contributed by atoms with Gasteiger partial charge in [-0.25, -0.2) is 14.6 Å². The van der Waals surface area contributed by atoms with Crippen LogP contribution in [0.4, 0.5) is 0 Å². The molecule has 0 bridgehead atoms. The van der Waals surface area contributed by atoms with Crippen molar-refractivity contribution in [3.8, 4) is 0 Å². The summed E-state index contributed by atoms with van der Waals surface area (Å²) in [5, 5.41) is 0. The van der Waals surface area contributed by atoms with Crippen LogP contribution in [0.1, 0.15) is 22.3 Å². The third kappa shape index (κ3) is 8.61. The molecule has 2 aromatic heterocycles. The van der Waals surface area contributed by atoms with Gasteiger partial charge in [0.05, 0.1) is 11.8 Å². The summed E-state index contributed by atoms with van der Waals surface area (Å²) < 4.78 is 38.5. The molecule has 290 valence electrons. The summed E-state index contributed by atoms with van der Waals surface area (Å²) in [6.07, 6.45) is 6.39. The highest BCUT2D eigenvalue weighted by Gasteiger charge is 2.35. The molecular formula is C46H37N3O9. The number of fused-ring (bicyclic) bond motifs is 1. The van der Waals surface area contributed by atoms with E-state index in [-0.39, 0.29) is 79.6 Å². The van der Waals surface area contributed by atoms with Crippen LogP contribution < -0.4 is 5.56 Å². The number of hydrogen-bond acceptors (Lipinski definition) is 10. The number of rotatable bonds is 16. The molecule has 4 aromatic carbocycles. The van der Waals surface area contributed by atoms with Crippen LogP contribution in [-0.4, -0.2) is 26.1 Å². The Morgan fingerprint density at radius 3 is 1.28 bits per heavy atom. The van der Waals surface area contributed by atoms with E-state index >= 15 is 0 Å². The minimum absolute atomic E-state index is 0.000750. The number of nitrogens with zero attached hydrogens (tertiary/aromatic N) is 3. The van der Waals surface area contributed by atoms with E-state index in [2.05, 4.69) is 4.98 Å². The van der Waals surface area contributed by atoms with Crippen molar-refractivity contribution in [2.24, 2.45) is 0 Å². The van der Waals surface area contributed by atoms with Gasteiger partial charge in [-0.3, -0.25) is 9.36 Å². The minimum atomic E-state index is -0.699. The highest BCUT2D eigenvalue weighted by molar-refractivity contribution is 5.92. The first-order valence-corrected chi connectivity index (χ1v) is 18.6. The standard InChI is InChI=1S/C46H37N3O9/c50-44-39-36(21-24-48(39)25-22-37-40(53-27-32-13-5-1-6-14-32)42(45(51)57-37)55-29-34-17-9-3-10-18-34)47-31-49(44)26-23-38-41(54-28-33-15-7-2-8-16-33)43(46(52)58-38)56-30-35-19-11-4-12-20-35/h1-24,31H,25-30H2/b37-22-,38-23-. The van der Waals surface area contributed by atoms with E-state index in [0.717, 1.165) is 22.3 Å². The molecule has 0 saturated carbocycles. The van der Waals surface area contributed by atoms with E-state index in [1.54, 1.807) is 29.0 Å². The largest absolute Gasteiger partial charge is 0.481 e. The van der Waals surface area contributed by atoms with Crippen molar-refractivity contribution in [3.63, 3.8) is 0 Å². The predicted octanol–water partition coefficient (Wildman–Crippen LogP) is 7.37. The number of cyclic esters (lactones) is 2. The SMILES string of the molecule is O=C1O/C(=C\Cn2cnc3ccn(C/C=C4\OC(=O)C(OCc5ccccc5)=C4OCc4ccccc4)c3c2=O)C(OCc2ccccc2)=C1OCc1ccccc1. The highest BCUT2D eigenvalue weighted by atomic mass is 16.6. The van der Waals surface area contributed by atoms with Gasteiger partial charge < -0.3 is 33.0 Å². The third-order valence-corrected chi connectivity index (χ3v) is 9.23. The average Bonchev–Trinajstić information content (AvgIpc) is 3.92. The Hall–Kier alpha value is -7.60. The molecule has 0 aliphatic carbocycles. The summed E-state index contributed by atoms with van der Waals surface area (Å²) in [7, 11) is 0. The van der Waals surface area contributed by atoms with Crippen LogP contribution in [-0.2, 0) is 77.5 Å². The topological polar surface area (TPSA) is 129 Å². The van der Waals surface area contributed by atoms with Crippen molar-refractivity contribution in [2.45, 2.75) is 39.5 Å². The maximum absolute atomic E-state index is 14.0. The molecule has 0 unspecified atom stereocenters. The van der Waals surface area contributed by atoms with Crippen LogP contribution >= 0.6 is 0 Å². The Balaban J connectivity index is 1.04. The zero-order chi connectivity index (χ0) is 39.7. The van der Waals surface area contributed by atoms with Crippen molar-refractivity contribution in [3.05, 3.63) is 219 Å². The van der Waals surface area contributed by atoms with Gasteiger partial charge in [-0.05, 0) is 40.5 Å². The van der Waals surface area contributed by atoms with E-state index in [0.29, 0.717) is 11.0 Å². The third-order valence-electron chi connectivity index (χ3n) is 9.23. The van der Waals surface area contributed by atoms with E-state index in [4.69, 9.17) is 28.4 Å². The predicted molar refractivity (Wildman–Crippen MR) is 211 cm³/mol. The number of carbonyl (C=O) groups excluding carboxylic acids is 2. The maximum atomic E-state index is 14.0. The Labute approximate surface area is 333 Å². The number of benzene rings is 4. The van der Waals surface area contributed by atoms with E-state index in [1.165, 1.54) is 10.9 Å². The summed E-state index contributed by atoms with van der Waals surface area (Å²) in [5.74, 6) is -0.877. The molecule has 2 aliphatic heterocycles. The fourth-order valence-electron chi connectivity index (χ4n) is 6.27. The van der Waals surface area contributed by atoms with E-state index in [1.807, 2.05) is 121 Å². The summed E-state index contributed by atoms with van der Waals surface area (Å²) >= 11 is 0. The number of ether oxygens (including phenoxy) is 6. The van der Waals surface area contributed by atoms with Crippen molar-refractivity contribution >= 4 is 23.0 Å². The second-order valence-corrected chi connectivity index (χ2v) is 13.2. The zero-order valence-electron chi connectivity index (χ0n) is 31.2. The van der Waals surface area contributed by atoms with Gasteiger partial charge in [0, 0.05) is 19.3 Å². The first-order chi connectivity index (χ1) is 28.5. The second-order valence-electron chi connectivity index (χ2n) is 13.2. The molecule has 0 N–H and O–H groups in total. The van der Waals surface area contributed by atoms with Crippen molar-refractivity contribution in [1.82, 2.24) is 14.1 Å². The van der Waals surface area contributed by atoms with Gasteiger partial charge in [0.2, 0.25) is 11.5 Å². The monoisotopic (exact) mass is 775 g/mol. The molecule has 0 amide bonds. The summed E-state index contributed by atoms with van der Waals surface area (Å²) in [6, 6.07) is 39.6. The lowest BCUT2D eigenvalue weighted by molar-refractivity contribution is -0.137. The van der Waals surface area contributed by atoms with Gasteiger partial charge in [0.15, 0.2) is 11.5 Å². The van der Waals surface area contributed by atoms with Crippen molar-refractivity contribution in [1.29, 1.82) is 0 Å². The van der Waals surface area contributed by atoms with Crippen LogP contribution in [0, 0.1) is 0 Å². The Kier molecular flexibility index (Phi) is 11.2. The summed E-state index contributed by atoms with van der Waals surface area (Å²) in [6.45, 7) is 0.727. The molecule has 8 rings (SSSR count). The van der Waals surface area contributed by atoms with Crippen molar-refractivity contribution < 1.29 is 38.0 Å². The summed E-state index contributed by atoms with van der Waals surface area (Å²) in [4.78, 5) is 44.7. The summed E-state index contributed by atoms with van der Waals surface area (Å²) in [5.41, 5.74) is 3.93. The smallest absolute Gasteiger partial charge is 0.383 e. The van der Waals surface area contributed by atoms with Gasteiger partial charge in [-0.1, -0.05) is 121 Å². The lowest BCUT2D eigenvalue weighted by atomic mass is 10.2. The van der Waals surface area contributed by atoms with Gasteiger partial charge >= 0.3 is 11.9 Å². The molecule has 0 fully saturated rings. The molecule has 6 aromatic rings. The van der Waals surface area contributed by atoms with Crippen LogP contribution in [0.3, 0.4) is 0 Å². The second kappa shape index (κ2) is 17.5. The number of esters is 2. The highest BCUT2D eigenvalue weighted by Crippen LogP contribution is 2.31. The minimum Gasteiger partial charge on any atom is -0.481 e. The fourth-order valence-corrected chi connectivity index (χ4v) is 6.27. The molecule has 0 radical (unpaired) electrons. The lowest BCUT2D eigenvalue weighted by Gasteiger charge is -2.11. The first kappa shape index (κ1) is 37.3. The van der Waals surface area contributed by atoms with Gasteiger partial charge in [-0.15, -0.1) is 0 Å². The fraction of sp³-hybridized carbons (Fsp3) is 0.130. The molecule has 12 heteroatoms. The van der Waals surface area contributed by atoms with Crippen LogP contribution in [0.5, 0.6) is 0 Å². The van der Waals surface area contributed by atoms with Gasteiger partial charge in [-0.2, -0.15) is 0 Å². The van der Waals surface area contributed by atoms with E-state index in [9.17, 15) is 14.4 Å². The number of allylic oxidation sites excluding steroid dienone is 2. The number of carbonyl (C=O) groups is 2. The molecule has 0 saturated heterocycles. The average molecular weight is 776 g/mol. The molecule has 0 spiro atoms. The number of aromatic nitrogens is 3. The van der Waals surface area contributed by atoms with E-state index < -0.39 is 11.9 Å². The zero-order valence-corrected chi connectivity index (χ0v) is 31.2. The molecule has 4 heterocycles. The molecule has 58 heavy (non-hydrogen) atoms. The Morgan fingerprint density at radius 1 is 0.483 bits per heavy atom. The Morgan fingerprint density at radius 2 is 0.862 bits per heavy atom. The van der Waals surface area contributed by atoms with Crippen LogP contribution in [0.15, 0.2) is 191 Å². The van der Waals surface area contributed by atoms with Gasteiger partial charge in [0.1, 0.15) is 31.9 Å². The van der Waals surface area contributed by atoms with Crippen LogP contribution in [0.2, 0.25) is 0 Å². The molecule has 0 atom stereocenters. The lowest BCUT2D eigenvalue weighted by Crippen LogP contribution is -2.22. The first-order valence-electron chi connectivity index (χ1n) is 18.6. The Bertz CT molecular complexity index is 2610. The maximum Gasteiger partial charge on any atom is 0.383 e. The van der Waals surface area contributed by atoms with Crippen LogP contribution in [0.25, 0.3) is 11.0 Å². The molecular weight excluding hydrogens is 739 g/mol. The van der Waals surface area contributed by atoms with Crippen molar-refractivity contribution in [2.75, 3.05) is 0 Å². The number of hydrogen-bond donors (Lipinski definition) is 0. The quantitative estimate of drug-likeness (QED) is 0.0920. The van der Waals surface area contributed by atoms with Gasteiger partial charge in [0.25, 0.3) is 17.1 Å². The molecule has 2 aliphatic rings.